The zero-order valence-corrected chi connectivity index (χ0v) is 15.3. The highest BCUT2D eigenvalue weighted by Gasteiger charge is 2.29. The van der Waals surface area contributed by atoms with Crippen LogP contribution in [0.4, 0.5) is 4.39 Å². The van der Waals surface area contributed by atoms with E-state index >= 15 is 0 Å². The van der Waals surface area contributed by atoms with Crippen LogP contribution < -0.4 is 10.1 Å². The molecule has 1 heterocycles. The first-order valence-electron chi connectivity index (χ1n) is 9.03. The minimum absolute atomic E-state index is 0.0509. The highest BCUT2D eigenvalue weighted by atomic mass is 19.1. The van der Waals surface area contributed by atoms with Crippen LogP contribution in [0.1, 0.15) is 28.8 Å². The van der Waals surface area contributed by atoms with E-state index in [1.54, 1.807) is 24.1 Å². The van der Waals surface area contributed by atoms with Crippen molar-refractivity contribution in [2.24, 2.45) is 5.92 Å². The Morgan fingerprint density at radius 2 is 2.04 bits per heavy atom. The third-order valence-electron chi connectivity index (χ3n) is 4.78. The van der Waals surface area contributed by atoms with Gasteiger partial charge in [-0.25, -0.2) is 4.39 Å². The predicted octanol–water partition coefficient (Wildman–Crippen LogP) is 3.00. The fraction of sp³-hybridized carbons (Fsp3) is 0.333. The molecule has 2 aromatic rings. The molecule has 1 fully saturated rings. The highest BCUT2D eigenvalue weighted by molar-refractivity contribution is 5.95. The monoisotopic (exact) mass is 370 g/mol. The van der Waals surface area contributed by atoms with E-state index in [2.05, 4.69) is 5.32 Å². The first-order chi connectivity index (χ1) is 13.1. The largest absolute Gasteiger partial charge is 0.497 e. The van der Waals surface area contributed by atoms with E-state index in [4.69, 9.17) is 4.74 Å². The van der Waals surface area contributed by atoms with Gasteiger partial charge in [-0.15, -0.1) is 0 Å². The summed E-state index contributed by atoms with van der Waals surface area (Å²) in [7, 11) is 1.60. The molecule has 2 aromatic carbocycles. The smallest absolute Gasteiger partial charge is 0.256 e. The van der Waals surface area contributed by atoms with Crippen molar-refractivity contribution in [3.8, 4) is 5.75 Å². The van der Waals surface area contributed by atoms with Crippen LogP contribution in [0, 0.1) is 11.7 Å². The molecule has 2 amide bonds. The fourth-order valence-corrected chi connectivity index (χ4v) is 3.30. The van der Waals surface area contributed by atoms with E-state index < -0.39 is 5.82 Å². The van der Waals surface area contributed by atoms with Crippen molar-refractivity contribution in [2.45, 2.75) is 19.4 Å². The zero-order chi connectivity index (χ0) is 19.2. The topological polar surface area (TPSA) is 58.6 Å². The summed E-state index contributed by atoms with van der Waals surface area (Å²) in [5.41, 5.74) is 0.993. The van der Waals surface area contributed by atoms with Gasteiger partial charge >= 0.3 is 0 Å². The Labute approximate surface area is 158 Å². The quantitative estimate of drug-likeness (QED) is 0.880. The second-order valence-corrected chi connectivity index (χ2v) is 6.64. The molecule has 1 saturated heterocycles. The van der Waals surface area contributed by atoms with Crippen molar-refractivity contribution >= 4 is 11.8 Å². The van der Waals surface area contributed by atoms with E-state index in [-0.39, 0.29) is 23.3 Å². The van der Waals surface area contributed by atoms with Gasteiger partial charge in [0.2, 0.25) is 5.91 Å². The first-order valence-corrected chi connectivity index (χ1v) is 9.03. The number of hydrogen-bond donors (Lipinski definition) is 1. The van der Waals surface area contributed by atoms with Gasteiger partial charge in [0, 0.05) is 19.6 Å². The van der Waals surface area contributed by atoms with Crippen molar-refractivity contribution in [3.05, 3.63) is 65.5 Å². The maximum absolute atomic E-state index is 13.9. The van der Waals surface area contributed by atoms with E-state index in [1.165, 1.54) is 12.1 Å². The SMILES string of the molecule is COc1cccc(CNC(=O)[C@H]2CCCN(C(=O)c3ccccc3F)C2)c1. The number of amides is 2. The number of carbonyl (C=O) groups is 2. The lowest BCUT2D eigenvalue weighted by Crippen LogP contribution is -2.45. The number of halogens is 1. The summed E-state index contributed by atoms with van der Waals surface area (Å²) in [4.78, 5) is 26.7. The second-order valence-electron chi connectivity index (χ2n) is 6.64. The Balaban J connectivity index is 1.59. The number of methoxy groups -OCH3 is 1. The van der Waals surface area contributed by atoms with Gasteiger partial charge in [0.05, 0.1) is 18.6 Å². The fourth-order valence-electron chi connectivity index (χ4n) is 3.30. The Morgan fingerprint density at radius 1 is 1.22 bits per heavy atom. The number of rotatable bonds is 5. The van der Waals surface area contributed by atoms with Crippen LogP contribution in [0.2, 0.25) is 0 Å². The molecule has 1 aliphatic rings. The number of benzene rings is 2. The third-order valence-corrected chi connectivity index (χ3v) is 4.78. The van der Waals surface area contributed by atoms with Crippen LogP contribution in [-0.2, 0) is 11.3 Å². The molecule has 142 valence electrons. The Bertz CT molecular complexity index is 825. The number of ether oxygens (including phenoxy) is 1. The maximum Gasteiger partial charge on any atom is 0.256 e. The molecule has 27 heavy (non-hydrogen) atoms. The molecular formula is C21H23FN2O3. The molecule has 0 aromatic heterocycles. The second kappa shape index (κ2) is 8.66. The van der Waals surface area contributed by atoms with Crippen molar-refractivity contribution in [2.75, 3.05) is 20.2 Å². The molecule has 5 nitrogen and oxygen atoms in total. The minimum Gasteiger partial charge on any atom is -0.497 e. The maximum atomic E-state index is 13.9. The molecule has 6 heteroatoms. The van der Waals surface area contributed by atoms with E-state index in [1.807, 2.05) is 24.3 Å². The zero-order valence-electron chi connectivity index (χ0n) is 15.3. The number of hydrogen-bond acceptors (Lipinski definition) is 3. The van der Waals surface area contributed by atoms with Crippen LogP contribution in [-0.4, -0.2) is 36.9 Å². The van der Waals surface area contributed by atoms with Gasteiger partial charge in [-0.2, -0.15) is 0 Å². The average Bonchev–Trinajstić information content (AvgIpc) is 2.72. The lowest BCUT2D eigenvalue weighted by Gasteiger charge is -2.32. The molecule has 0 bridgehead atoms. The Morgan fingerprint density at radius 3 is 2.81 bits per heavy atom. The highest BCUT2D eigenvalue weighted by Crippen LogP contribution is 2.20. The summed E-state index contributed by atoms with van der Waals surface area (Å²) in [6.45, 7) is 1.23. The summed E-state index contributed by atoms with van der Waals surface area (Å²) in [5, 5.41) is 2.92. The lowest BCUT2D eigenvalue weighted by atomic mass is 9.96. The van der Waals surface area contributed by atoms with E-state index in [9.17, 15) is 14.0 Å². The van der Waals surface area contributed by atoms with Gasteiger partial charge in [-0.3, -0.25) is 9.59 Å². The molecule has 0 spiro atoms. The van der Waals surface area contributed by atoms with Gasteiger partial charge < -0.3 is 15.0 Å². The van der Waals surface area contributed by atoms with E-state index in [0.717, 1.165) is 17.7 Å². The minimum atomic E-state index is -0.535. The Hall–Kier alpha value is -2.89. The number of nitrogens with zero attached hydrogens (tertiary/aromatic N) is 1. The molecule has 1 aliphatic heterocycles. The van der Waals surface area contributed by atoms with Gasteiger partial charge in [-0.1, -0.05) is 24.3 Å². The van der Waals surface area contributed by atoms with Gasteiger partial charge in [0.15, 0.2) is 0 Å². The normalized spacial score (nSPS) is 16.7. The molecule has 1 atom stereocenters. The molecule has 3 rings (SSSR count). The van der Waals surface area contributed by atoms with Gasteiger partial charge in [0.1, 0.15) is 11.6 Å². The van der Waals surface area contributed by atoms with Gasteiger partial charge in [-0.05, 0) is 42.7 Å². The first kappa shape index (κ1) is 18.9. The predicted molar refractivity (Wildman–Crippen MR) is 99.9 cm³/mol. The molecule has 0 radical (unpaired) electrons. The van der Waals surface area contributed by atoms with Crippen LogP contribution in [0.5, 0.6) is 5.75 Å². The van der Waals surface area contributed by atoms with Crippen molar-refractivity contribution in [3.63, 3.8) is 0 Å². The molecule has 1 N–H and O–H groups in total. The molecule has 0 saturated carbocycles. The van der Waals surface area contributed by atoms with Crippen LogP contribution in [0.3, 0.4) is 0 Å². The van der Waals surface area contributed by atoms with Gasteiger partial charge in [0.25, 0.3) is 5.91 Å². The van der Waals surface area contributed by atoms with Crippen LogP contribution >= 0.6 is 0 Å². The van der Waals surface area contributed by atoms with Crippen molar-refractivity contribution < 1.29 is 18.7 Å². The summed E-state index contributed by atoms with van der Waals surface area (Å²) in [6.07, 6.45) is 1.43. The van der Waals surface area contributed by atoms with Crippen LogP contribution in [0.25, 0.3) is 0 Å². The molecule has 0 unspecified atom stereocenters. The standard InChI is InChI=1S/C21H23FN2O3/c1-27-17-8-4-6-15(12-17)13-23-20(25)16-7-5-11-24(14-16)21(26)18-9-2-3-10-19(18)22/h2-4,6,8-10,12,16H,5,7,11,13-14H2,1H3,(H,23,25)/t16-/m0/s1. The Kier molecular flexibility index (Phi) is 6.06. The van der Waals surface area contributed by atoms with Crippen LogP contribution in [0.15, 0.2) is 48.5 Å². The molecular weight excluding hydrogens is 347 g/mol. The number of carbonyl (C=O) groups excluding carboxylic acids is 2. The number of piperidine rings is 1. The number of likely N-dealkylation sites (tertiary alicyclic amines) is 1. The molecule has 0 aliphatic carbocycles. The lowest BCUT2D eigenvalue weighted by molar-refractivity contribution is -0.126. The third kappa shape index (κ3) is 4.64. The summed E-state index contributed by atoms with van der Waals surface area (Å²) in [6, 6.07) is 13.4. The average molecular weight is 370 g/mol. The number of nitrogens with one attached hydrogen (secondary N) is 1. The van der Waals surface area contributed by atoms with E-state index in [0.29, 0.717) is 26.1 Å². The van der Waals surface area contributed by atoms with Crippen molar-refractivity contribution in [1.29, 1.82) is 0 Å². The summed E-state index contributed by atoms with van der Waals surface area (Å²) >= 11 is 0. The summed E-state index contributed by atoms with van der Waals surface area (Å²) < 4.78 is 19.1. The van der Waals surface area contributed by atoms with Crippen molar-refractivity contribution in [1.82, 2.24) is 10.2 Å². The summed E-state index contributed by atoms with van der Waals surface area (Å²) in [5.74, 6) is -0.546.